The van der Waals surface area contributed by atoms with Gasteiger partial charge in [-0.15, -0.1) is 0 Å². The van der Waals surface area contributed by atoms with E-state index < -0.39 is 0 Å². The summed E-state index contributed by atoms with van der Waals surface area (Å²) < 4.78 is 15.6. The van der Waals surface area contributed by atoms with Gasteiger partial charge in [-0.1, -0.05) is 0 Å². The number of hydrogen-bond donors (Lipinski definition) is 2. The second kappa shape index (κ2) is 14.4. The van der Waals surface area contributed by atoms with Crippen molar-refractivity contribution in [1.29, 1.82) is 0 Å². The highest BCUT2D eigenvalue weighted by atomic mass is 16.5. The number of rotatable bonds is 12. The van der Waals surface area contributed by atoms with Gasteiger partial charge in [-0.05, 0) is 0 Å². The van der Waals surface area contributed by atoms with E-state index in [2.05, 4.69) is 10.2 Å². The van der Waals surface area contributed by atoms with Gasteiger partial charge in [0.25, 0.3) is 0 Å². The molecule has 0 aromatic heterocycles. The lowest BCUT2D eigenvalue weighted by Gasteiger charge is -2.05. The summed E-state index contributed by atoms with van der Waals surface area (Å²) in [6.45, 7) is 4.67. The SMILES string of the molecule is NCCOCCOCCOCCN=NCN. The first-order chi connectivity index (χ1) is 7.91. The predicted molar refractivity (Wildman–Crippen MR) is 60.3 cm³/mol. The first-order valence-corrected chi connectivity index (χ1v) is 5.38. The van der Waals surface area contributed by atoms with Gasteiger partial charge in [0, 0.05) is 6.54 Å². The molecule has 0 aliphatic carbocycles. The van der Waals surface area contributed by atoms with Gasteiger partial charge in [0.05, 0.1) is 46.2 Å². The first kappa shape index (κ1) is 15.4. The summed E-state index contributed by atoms with van der Waals surface area (Å²) in [7, 11) is 0. The van der Waals surface area contributed by atoms with Crippen LogP contribution in [0.4, 0.5) is 0 Å². The van der Waals surface area contributed by atoms with Crippen LogP contribution in [-0.2, 0) is 14.2 Å². The molecule has 4 N–H and O–H groups in total. The van der Waals surface area contributed by atoms with Crippen LogP contribution in [0.15, 0.2) is 10.2 Å². The van der Waals surface area contributed by atoms with E-state index >= 15 is 0 Å². The molecule has 0 unspecified atom stereocenters. The Morgan fingerprint density at radius 3 is 1.81 bits per heavy atom. The van der Waals surface area contributed by atoms with Gasteiger partial charge < -0.3 is 25.7 Å². The van der Waals surface area contributed by atoms with E-state index in [9.17, 15) is 0 Å². The summed E-state index contributed by atoms with van der Waals surface area (Å²) in [5.41, 5.74) is 10.4. The maximum absolute atomic E-state index is 5.25. The second-order valence-corrected chi connectivity index (χ2v) is 2.81. The van der Waals surface area contributed by atoms with Crippen molar-refractivity contribution < 1.29 is 14.2 Å². The van der Waals surface area contributed by atoms with Crippen LogP contribution in [0, 0.1) is 0 Å². The van der Waals surface area contributed by atoms with Gasteiger partial charge >= 0.3 is 0 Å². The van der Waals surface area contributed by atoms with Crippen molar-refractivity contribution in [3.05, 3.63) is 0 Å². The zero-order chi connectivity index (χ0) is 11.9. The van der Waals surface area contributed by atoms with E-state index in [1.165, 1.54) is 0 Å². The van der Waals surface area contributed by atoms with E-state index in [-0.39, 0.29) is 6.67 Å². The van der Waals surface area contributed by atoms with Crippen molar-refractivity contribution in [2.75, 3.05) is 59.4 Å². The van der Waals surface area contributed by atoms with Crippen molar-refractivity contribution in [2.24, 2.45) is 21.7 Å². The molecule has 0 aromatic rings. The van der Waals surface area contributed by atoms with Gasteiger partial charge in [-0.3, -0.25) is 0 Å². The molecule has 0 saturated heterocycles. The first-order valence-electron chi connectivity index (χ1n) is 5.38. The Morgan fingerprint density at radius 2 is 1.25 bits per heavy atom. The quantitative estimate of drug-likeness (QED) is 0.345. The highest BCUT2D eigenvalue weighted by Crippen LogP contribution is 1.82. The van der Waals surface area contributed by atoms with Crippen LogP contribution < -0.4 is 11.5 Å². The van der Waals surface area contributed by atoms with Crippen LogP contribution >= 0.6 is 0 Å². The molecule has 0 saturated carbocycles. The maximum Gasteiger partial charge on any atom is 0.107 e. The molecule has 96 valence electrons. The van der Waals surface area contributed by atoms with Crippen molar-refractivity contribution in [2.45, 2.75) is 0 Å². The lowest BCUT2D eigenvalue weighted by Crippen LogP contribution is -2.13. The lowest BCUT2D eigenvalue weighted by molar-refractivity contribution is 0.0174. The Labute approximate surface area is 96.1 Å². The summed E-state index contributed by atoms with van der Waals surface area (Å²) in [5, 5.41) is 7.37. The Kier molecular flexibility index (Phi) is 13.9. The number of hydrogen-bond acceptors (Lipinski definition) is 7. The number of azo groups is 1. The Hall–Kier alpha value is -0.600. The highest BCUT2D eigenvalue weighted by molar-refractivity contribution is 4.38. The highest BCUT2D eigenvalue weighted by Gasteiger charge is 1.90. The molecule has 16 heavy (non-hydrogen) atoms. The fourth-order valence-electron chi connectivity index (χ4n) is 0.859. The summed E-state index contributed by atoms with van der Waals surface area (Å²) in [6.07, 6.45) is 0. The lowest BCUT2D eigenvalue weighted by atomic mass is 10.7. The molecule has 0 aliphatic rings. The summed E-state index contributed by atoms with van der Waals surface area (Å²) in [4.78, 5) is 0. The third-order valence-electron chi connectivity index (χ3n) is 1.52. The largest absolute Gasteiger partial charge is 0.378 e. The average molecular weight is 234 g/mol. The smallest absolute Gasteiger partial charge is 0.107 e. The summed E-state index contributed by atoms with van der Waals surface area (Å²) in [6, 6.07) is 0. The Bertz CT molecular complexity index is 158. The maximum atomic E-state index is 5.25. The van der Waals surface area contributed by atoms with Gasteiger partial charge in [0.1, 0.15) is 6.67 Å². The van der Waals surface area contributed by atoms with Gasteiger partial charge in [0.15, 0.2) is 0 Å². The van der Waals surface area contributed by atoms with Crippen molar-refractivity contribution in [3.8, 4) is 0 Å². The monoisotopic (exact) mass is 234 g/mol. The van der Waals surface area contributed by atoms with Crippen LogP contribution in [-0.4, -0.2) is 59.4 Å². The van der Waals surface area contributed by atoms with Crippen LogP contribution in [0.1, 0.15) is 0 Å². The predicted octanol–water partition coefficient (Wildman–Crippen LogP) is -0.637. The molecule has 7 heteroatoms. The fourth-order valence-corrected chi connectivity index (χ4v) is 0.859. The molecule has 0 aliphatic heterocycles. The molecular formula is C9H22N4O3. The molecule has 0 atom stereocenters. The van der Waals surface area contributed by atoms with E-state index in [0.717, 1.165) is 0 Å². The number of ether oxygens (including phenoxy) is 3. The minimum absolute atomic E-state index is 0.228. The van der Waals surface area contributed by atoms with Gasteiger partial charge in [-0.2, -0.15) is 10.2 Å². The minimum atomic E-state index is 0.228. The molecule has 7 nitrogen and oxygen atoms in total. The number of nitrogens with zero attached hydrogens (tertiary/aromatic N) is 2. The third-order valence-corrected chi connectivity index (χ3v) is 1.52. The molecule has 0 radical (unpaired) electrons. The van der Waals surface area contributed by atoms with Crippen LogP contribution in [0.5, 0.6) is 0 Å². The van der Waals surface area contributed by atoms with Crippen LogP contribution in [0.2, 0.25) is 0 Å². The molecule has 0 fully saturated rings. The van der Waals surface area contributed by atoms with Crippen molar-refractivity contribution >= 4 is 0 Å². The van der Waals surface area contributed by atoms with E-state index in [4.69, 9.17) is 25.7 Å². The molecule has 0 aromatic carbocycles. The molecule has 0 rings (SSSR count). The molecule has 0 amide bonds. The normalized spacial score (nSPS) is 11.4. The molecule has 0 bridgehead atoms. The third kappa shape index (κ3) is 13.4. The van der Waals surface area contributed by atoms with E-state index in [1.807, 2.05) is 0 Å². The zero-order valence-electron chi connectivity index (χ0n) is 9.64. The Balaban J connectivity index is 2.90. The molecular weight excluding hydrogens is 212 g/mol. The van der Waals surface area contributed by atoms with Crippen LogP contribution in [0.25, 0.3) is 0 Å². The zero-order valence-corrected chi connectivity index (χ0v) is 9.64. The Morgan fingerprint density at radius 1 is 0.688 bits per heavy atom. The van der Waals surface area contributed by atoms with E-state index in [1.54, 1.807) is 0 Å². The van der Waals surface area contributed by atoms with Crippen LogP contribution in [0.3, 0.4) is 0 Å². The van der Waals surface area contributed by atoms with Gasteiger partial charge in [0.2, 0.25) is 0 Å². The number of nitrogens with two attached hydrogens (primary N) is 2. The van der Waals surface area contributed by atoms with Crippen molar-refractivity contribution in [3.63, 3.8) is 0 Å². The average Bonchev–Trinajstić information content (AvgIpc) is 2.31. The molecule has 0 heterocycles. The van der Waals surface area contributed by atoms with Gasteiger partial charge in [-0.25, -0.2) is 0 Å². The van der Waals surface area contributed by atoms with Crippen molar-refractivity contribution in [1.82, 2.24) is 0 Å². The fraction of sp³-hybridized carbons (Fsp3) is 1.00. The summed E-state index contributed by atoms with van der Waals surface area (Å²) in [5.74, 6) is 0. The molecule has 0 spiro atoms. The summed E-state index contributed by atoms with van der Waals surface area (Å²) >= 11 is 0. The second-order valence-electron chi connectivity index (χ2n) is 2.81. The minimum Gasteiger partial charge on any atom is -0.378 e. The topological polar surface area (TPSA) is 104 Å². The van der Waals surface area contributed by atoms with E-state index in [0.29, 0.717) is 52.7 Å². The standard InChI is InChI=1S/C9H22N4O3/c10-1-3-14-5-7-16-8-6-15-4-2-12-13-9-11/h1-11H2.